The Morgan fingerprint density at radius 3 is 2.04 bits per heavy atom. The summed E-state index contributed by atoms with van der Waals surface area (Å²) < 4.78 is 5.37. The first-order valence-corrected chi connectivity index (χ1v) is 9.39. The second-order valence-corrected chi connectivity index (χ2v) is 6.76. The molecule has 0 aromatic heterocycles. The Balaban J connectivity index is 1.52. The van der Waals surface area contributed by atoms with E-state index in [4.69, 9.17) is 4.74 Å². The first-order valence-electron chi connectivity index (χ1n) is 9.39. The van der Waals surface area contributed by atoms with E-state index in [-0.39, 0.29) is 11.8 Å². The number of rotatable bonds is 6. The van der Waals surface area contributed by atoms with Crippen LogP contribution in [0.1, 0.15) is 13.8 Å². The summed E-state index contributed by atoms with van der Waals surface area (Å²) in [4.78, 5) is 25.8. The van der Waals surface area contributed by atoms with Crippen molar-refractivity contribution in [3.8, 4) is 0 Å². The zero-order valence-corrected chi connectivity index (χ0v) is 16.2. The van der Waals surface area contributed by atoms with Crippen LogP contribution in [0.15, 0.2) is 48.5 Å². The third kappa shape index (κ3) is 5.47. The van der Waals surface area contributed by atoms with Gasteiger partial charge in [-0.15, -0.1) is 0 Å². The van der Waals surface area contributed by atoms with Gasteiger partial charge in [-0.2, -0.15) is 0 Å². The highest BCUT2D eigenvalue weighted by Gasteiger charge is 2.14. The van der Waals surface area contributed by atoms with Crippen molar-refractivity contribution >= 4 is 34.6 Å². The number of nitrogens with one attached hydrogen (secondary N) is 3. The van der Waals surface area contributed by atoms with Crippen LogP contribution in [-0.2, 0) is 14.3 Å². The van der Waals surface area contributed by atoms with Crippen LogP contribution in [0.3, 0.4) is 0 Å². The predicted octanol–water partition coefficient (Wildman–Crippen LogP) is 2.92. The Kier molecular flexibility index (Phi) is 6.49. The molecule has 7 heteroatoms. The van der Waals surface area contributed by atoms with E-state index in [1.807, 2.05) is 36.4 Å². The van der Waals surface area contributed by atoms with Crippen molar-refractivity contribution in [1.29, 1.82) is 0 Å². The summed E-state index contributed by atoms with van der Waals surface area (Å²) in [7, 11) is 0. The standard InChI is InChI=1S/C21H26N4O3/c1-15(22-17-3-5-18(6-4-17)23-16(2)26)21(27)24-19-7-9-20(10-8-19)25-11-13-28-14-12-25/h3-10,15,22H,11-14H2,1-2H3,(H,23,26)(H,24,27). The Morgan fingerprint density at radius 1 is 0.893 bits per heavy atom. The molecule has 1 atom stereocenters. The summed E-state index contributed by atoms with van der Waals surface area (Å²) in [5, 5.41) is 8.80. The van der Waals surface area contributed by atoms with Gasteiger partial charge in [0, 0.05) is 42.8 Å². The molecule has 7 nitrogen and oxygen atoms in total. The van der Waals surface area contributed by atoms with Gasteiger partial charge < -0.3 is 25.6 Å². The lowest BCUT2D eigenvalue weighted by Gasteiger charge is -2.29. The molecule has 0 saturated carbocycles. The smallest absolute Gasteiger partial charge is 0.246 e. The Bertz CT molecular complexity index is 799. The summed E-state index contributed by atoms with van der Waals surface area (Å²) in [5.41, 5.74) is 3.42. The van der Waals surface area contributed by atoms with Crippen molar-refractivity contribution in [1.82, 2.24) is 0 Å². The van der Waals surface area contributed by atoms with Crippen molar-refractivity contribution in [3.63, 3.8) is 0 Å². The number of carbonyl (C=O) groups excluding carboxylic acids is 2. The van der Waals surface area contributed by atoms with E-state index in [0.717, 1.165) is 49.1 Å². The Hall–Kier alpha value is -3.06. The highest BCUT2D eigenvalue weighted by atomic mass is 16.5. The number of anilines is 4. The molecule has 1 fully saturated rings. The molecule has 1 saturated heterocycles. The second-order valence-electron chi connectivity index (χ2n) is 6.76. The largest absolute Gasteiger partial charge is 0.378 e. The predicted molar refractivity (Wildman–Crippen MR) is 112 cm³/mol. The average Bonchev–Trinajstić information content (AvgIpc) is 2.70. The van der Waals surface area contributed by atoms with Crippen molar-refractivity contribution in [2.45, 2.75) is 19.9 Å². The number of hydrogen-bond acceptors (Lipinski definition) is 5. The van der Waals surface area contributed by atoms with E-state index in [1.54, 1.807) is 19.1 Å². The summed E-state index contributed by atoms with van der Waals surface area (Å²) >= 11 is 0. The van der Waals surface area contributed by atoms with Crippen LogP contribution in [0.2, 0.25) is 0 Å². The minimum Gasteiger partial charge on any atom is -0.378 e. The van der Waals surface area contributed by atoms with E-state index >= 15 is 0 Å². The minimum atomic E-state index is -0.412. The fourth-order valence-electron chi connectivity index (χ4n) is 3.00. The molecule has 1 heterocycles. The van der Waals surface area contributed by atoms with Crippen molar-refractivity contribution in [3.05, 3.63) is 48.5 Å². The third-order valence-electron chi connectivity index (χ3n) is 4.49. The van der Waals surface area contributed by atoms with Gasteiger partial charge in [-0.05, 0) is 55.5 Å². The van der Waals surface area contributed by atoms with Gasteiger partial charge in [-0.1, -0.05) is 0 Å². The van der Waals surface area contributed by atoms with Gasteiger partial charge in [0.1, 0.15) is 6.04 Å². The molecule has 0 bridgehead atoms. The van der Waals surface area contributed by atoms with Gasteiger partial charge in [0.2, 0.25) is 11.8 Å². The molecule has 2 aromatic carbocycles. The lowest BCUT2D eigenvalue weighted by Crippen LogP contribution is -2.36. The first kappa shape index (κ1) is 19.7. The molecule has 2 aromatic rings. The summed E-state index contributed by atoms with van der Waals surface area (Å²) in [5.74, 6) is -0.238. The first-order chi connectivity index (χ1) is 13.5. The lowest BCUT2D eigenvalue weighted by molar-refractivity contribution is -0.116. The SMILES string of the molecule is CC(=O)Nc1ccc(NC(C)C(=O)Nc2ccc(N3CCOCC3)cc2)cc1. The monoisotopic (exact) mass is 382 g/mol. The molecule has 2 amide bonds. The number of ether oxygens (including phenoxy) is 1. The number of amides is 2. The van der Waals surface area contributed by atoms with Gasteiger partial charge in [0.15, 0.2) is 0 Å². The van der Waals surface area contributed by atoms with Crippen molar-refractivity contribution in [2.24, 2.45) is 0 Å². The molecule has 3 rings (SSSR count). The molecule has 3 N–H and O–H groups in total. The fraction of sp³-hybridized carbons (Fsp3) is 0.333. The van der Waals surface area contributed by atoms with Gasteiger partial charge in [0.05, 0.1) is 13.2 Å². The number of nitrogens with zero attached hydrogens (tertiary/aromatic N) is 1. The average molecular weight is 382 g/mol. The van der Waals surface area contributed by atoms with Crippen molar-refractivity contribution < 1.29 is 14.3 Å². The molecule has 1 aliphatic rings. The topological polar surface area (TPSA) is 82.7 Å². The van der Waals surface area contributed by atoms with Gasteiger partial charge in [-0.3, -0.25) is 9.59 Å². The molecule has 0 aliphatic carbocycles. The number of morpholine rings is 1. The van der Waals surface area contributed by atoms with E-state index in [1.165, 1.54) is 6.92 Å². The maximum absolute atomic E-state index is 12.5. The molecule has 28 heavy (non-hydrogen) atoms. The summed E-state index contributed by atoms with van der Waals surface area (Å²) in [6.45, 7) is 6.52. The van der Waals surface area contributed by atoms with Crippen LogP contribution < -0.4 is 20.9 Å². The van der Waals surface area contributed by atoms with Gasteiger partial charge >= 0.3 is 0 Å². The zero-order chi connectivity index (χ0) is 19.9. The van der Waals surface area contributed by atoms with Crippen LogP contribution in [-0.4, -0.2) is 44.2 Å². The Labute approximate surface area is 165 Å². The van der Waals surface area contributed by atoms with Crippen molar-refractivity contribution in [2.75, 3.05) is 47.2 Å². The van der Waals surface area contributed by atoms with Crippen LogP contribution in [0.25, 0.3) is 0 Å². The molecule has 1 aliphatic heterocycles. The van der Waals surface area contributed by atoms with E-state index in [2.05, 4.69) is 20.9 Å². The van der Waals surface area contributed by atoms with Crippen LogP contribution in [0.5, 0.6) is 0 Å². The minimum absolute atomic E-state index is 0.118. The van der Waals surface area contributed by atoms with Crippen LogP contribution in [0.4, 0.5) is 22.7 Å². The fourth-order valence-corrected chi connectivity index (χ4v) is 3.00. The van der Waals surface area contributed by atoms with E-state index in [0.29, 0.717) is 0 Å². The number of hydrogen-bond donors (Lipinski definition) is 3. The lowest BCUT2D eigenvalue weighted by atomic mass is 10.2. The normalized spacial score (nSPS) is 14.9. The molecular formula is C21H26N4O3. The second kappa shape index (κ2) is 9.23. The molecule has 1 unspecified atom stereocenters. The highest BCUT2D eigenvalue weighted by Crippen LogP contribution is 2.20. The number of carbonyl (C=O) groups is 2. The molecule has 0 radical (unpaired) electrons. The zero-order valence-electron chi connectivity index (χ0n) is 16.2. The highest BCUT2D eigenvalue weighted by molar-refractivity contribution is 5.96. The van der Waals surface area contributed by atoms with Gasteiger partial charge in [-0.25, -0.2) is 0 Å². The number of benzene rings is 2. The van der Waals surface area contributed by atoms with E-state index < -0.39 is 6.04 Å². The third-order valence-corrected chi connectivity index (χ3v) is 4.49. The maximum Gasteiger partial charge on any atom is 0.246 e. The summed E-state index contributed by atoms with van der Waals surface area (Å²) in [6, 6.07) is 14.7. The molecule has 0 spiro atoms. The molecular weight excluding hydrogens is 356 g/mol. The Morgan fingerprint density at radius 2 is 1.43 bits per heavy atom. The molecule has 148 valence electrons. The maximum atomic E-state index is 12.5. The summed E-state index contributed by atoms with van der Waals surface area (Å²) in [6.07, 6.45) is 0. The van der Waals surface area contributed by atoms with Crippen LogP contribution >= 0.6 is 0 Å². The quantitative estimate of drug-likeness (QED) is 0.716. The van der Waals surface area contributed by atoms with Crippen LogP contribution in [0, 0.1) is 0 Å². The van der Waals surface area contributed by atoms with Gasteiger partial charge in [0.25, 0.3) is 0 Å². The van der Waals surface area contributed by atoms with E-state index in [9.17, 15) is 9.59 Å².